The first kappa shape index (κ1) is 23.2. The van der Waals surface area contributed by atoms with Crippen LogP contribution in [0.3, 0.4) is 0 Å². The molecule has 2 heterocycles. The third kappa shape index (κ3) is 3.44. The number of nitrogens with one attached hydrogen (secondary N) is 1. The third-order valence-corrected chi connectivity index (χ3v) is 10.2. The molecule has 33 heavy (non-hydrogen) atoms. The van der Waals surface area contributed by atoms with Crippen LogP contribution in [0.15, 0.2) is 23.5 Å². The van der Waals surface area contributed by atoms with E-state index in [9.17, 15) is 9.59 Å². The number of likely N-dealkylation sites (tertiary alicyclic amines) is 1. The molecule has 3 aliphatic carbocycles. The van der Waals surface area contributed by atoms with Crippen molar-refractivity contribution in [2.75, 3.05) is 12.4 Å². The SMILES string of the molecule is CC1=C2N(C)C(=O)CC[C@]2(C)[C@@H]2CC[C@]3(C)C(C(=O)Nc4ncc(Cl)cc4Cl)CC[C@H]3[C@@H]2C1. The van der Waals surface area contributed by atoms with Gasteiger partial charge in [0.1, 0.15) is 0 Å². The van der Waals surface area contributed by atoms with Gasteiger partial charge in [0.25, 0.3) is 0 Å². The first-order chi connectivity index (χ1) is 15.6. The Kier molecular flexibility index (Phi) is 5.60. The summed E-state index contributed by atoms with van der Waals surface area (Å²) in [6.45, 7) is 6.94. The molecule has 1 saturated heterocycles. The van der Waals surface area contributed by atoms with Crippen LogP contribution in [-0.4, -0.2) is 28.7 Å². The Morgan fingerprint density at radius 1 is 1.18 bits per heavy atom. The minimum absolute atomic E-state index is 0.0214. The predicted octanol–water partition coefficient (Wildman–Crippen LogP) is 6.32. The molecule has 0 radical (unpaired) electrons. The van der Waals surface area contributed by atoms with Gasteiger partial charge in [-0.3, -0.25) is 9.59 Å². The van der Waals surface area contributed by atoms with Crippen molar-refractivity contribution >= 4 is 40.8 Å². The van der Waals surface area contributed by atoms with Crippen LogP contribution in [-0.2, 0) is 9.59 Å². The van der Waals surface area contributed by atoms with Crippen molar-refractivity contribution in [3.63, 3.8) is 0 Å². The van der Waals surface area contributed by atoms with Crippen LogP contribution < -0.4 is 5.32 Å². The average Bonchev–Trinajstić information content (AvgIpc) is 3.10. The van der Waals surface area contributed by atoms with E-state index in [-0.39, 0.29) is 28.6 Å². The Labute approximate surface area is 206 Å². The number of rotatable bonds is 2. The summed E-state index contributed by atoms with van der Waals surface area (Å²) in [6, 6.07) is 1.61. The highest BCUT2D eigenvalue weighted by Gasteiger charge is 2.61. The summed E-state index contributed by atoms with van der Waals surface area (Å²) in [5.41, 5.74) is 2.66. The molecule has 3 fully saturated rings. The number of piperidine rings is 1. The van der Waals surface area contributed by atoms with Gasteiger partial charge in [0.05, 0.1) is 10.0 Å². The second-order valence-corrected chi connectivity index (χ2v) is 12.1. The minimum atomic E-state index is -0.0499. The van der Waals surface area contributed by atoms with Crippen LogP contribution in [0.4, 0.5) is 5.82 Å². The lowest BCUT2D eigenvalue weighted by Gasteiger charge is -2.59. The molecule has 0 bridgehead atoms. The number of halogens is 2. The van der Waals surface area contributed by atoms with Gasteiger partial charge in [-0.2, -0.15) is 0 Å². The Morgan fingerprint density at radius 2 is 1.94 bits per heavy atom. The number of amides is 2. The summed E-state index contributed by atoms with van der Waals surface area (Å²) >= 11 is 12.2. The van der Waals surface area contributed by atoms with E-state index in [1.807, 2.05) is 11.9 Å². The summed E-state index contributed by atoms with van der Waals surface area (Å²) in [7, 11) is 1.96. The van der Waals surface area contributed by atoms with Crippen molar-refractivity contribution in [2.45, 2.75) is 65.7 Å². The van der Waals surface area contributed by atoms with Crippen LogP contribution in [0, 0.1) is 34.5 Å². The molecule has 2 saturated carbocycles. The van der Waals surface area contributed by atoms with Crippen molar-refractivity contribution in [1.82, 2.24) is 9.88 Å². The van der Waals surface area contributed by atoms with Gasteiger partial charge >= 0.3 is 0 Å². The summed E-state index contributed by atoms with van der Waals surface area (Å²) in [4.78, 5) is 32.0. The van der Waals surface area contributed by atoms with Gasteiger partial charge in [-0.15, -0.1) is 0 Å². The number of hydrogen-bond acceptors (Lipinski definition) is 3. The van der Waals surface area contributed by atoms with Crippen molar-refractivity contribution < 1.29 is 9.59 Å². The van der Waals surface area contributed by atoms with Crippen LogP contribution in [0.25, 0.3) is 0 Å². The number of allylic oxidation sites excluding steroid dienone is 2. The number of fused-ring (bicyclic) bond motifs is 5. The zero-order chi connectivity index (χ0) is 23.7. The third-order valence-electron chi connectivity index (χ3n) is 9.68. The van der Waals surface area contributed by atoms with Crippen molar-refractivity contribution in [2.24, 2.45) is 34.5 Å². The molecule has 1 aliphatic heterocycles. The molecule has 1 unspecified atom stereocenters. The number of carbonyl (C=O) groups is 2. The summed E-state index contributed by atoms with van der Waals surface area (Å²) < 4.78 is 0. The second-order valence-electron chi connectivity index (χ2n) is 11.2. The van der Waals surface area contributed by atoms with Crippen molar-refractivity contribution in [3.8, 4) is 0 Å². The molecule has 1 aromatic heterocycles. The Bertz CT molecular complexity index is 1060. The maximum absolute atomic E-state index is 13.4. The van der Waals surface area contributed by atoms with E-state index in [1.165, 1.54) is 17.5 Å². The van der Waals surface area contributed by atoms with E-state index in [0.717, 1.165) is 38.5 Å². The first-order valence-electron chi connectivity index (χ1n) is 12.1. The Hall–Kier alpha value is -1.59. The van der Waals surface area contributed by atoms with Gasteiger partial charge in [0.2, 0.25) is 11.8 Å². The minimum Gasteiger partial charge on any atom is -0.319 e. The maximum Gasteiger partial charge on any atom is 0.229 e. The predicted molar refractivity (Wildman–Crippen MR) is 131 cm³/mol. The van der Waals surface area contributed by atoms with Crippen molar-refractivity contribution in [3.05, 3.63) is 33.6 Å². The highest BCUT2D eigenvalue weighted by Crippen LogP contribution is 2.66. The zero-order valence-electron chi connectivity index (χ0n) is 19.9. The highest BCUT2D eigenvalue weighted by atomic mass is 35.5. The lowest BCUT2D eigenvalue weighted by molar-refractivity contribution is -0.137. The number of anilines is 1. The molecular formula is C26H33Cl2N3O2. The van der Waals surface area contributed by atoms with Crippen LogP contribution >= 0.6 is 23.2 Å². The quantitative estimate of drug-likeness (QED) is 0.528. The fraction of sp³-hybridized carbons (Fsp3) is 0.654. The van der Waals surface area contributed by atoms with Gasteiger partial charge in [0, 0.05) is 36.7 Å². The molecule has 1 N–H and O–H groups in total. The molecule has 2 amide bonds. The highest BCUT2D eigenvalue weighted by molar-refractivity contribution is 6.36. The van der Waals surface area contributed by atoms with Crippen LogP contribution in [0.5, 0.6) is 0 Å². The molecule has 5 nitrogen and oxygen atoms in total. The van der Waals surface area contributed by atoms with E-state index in [1.54, 1.807) is 6.07 Å². The molecule has 178 valence electrons. The lowest BCUT2D eigenvalue weighted by Crippen LogP contribution is -2.54. The molecule has 1 aromatic rings. The zero-order valence-corrected chi connectivity index (χ0v) is 21.4. The van der Waals surface area contributed by atoms with E-state index < -0.39 is 0 Å². The molecule has 0 spiro atoms. The van der Waals surface area contributed by atoms with Gasteiger partial charge in [-0.1, -0.05) is 42.6 Å². The van der Waals surface area contributed by atoms with Gasteiger partial charge in [-0.25, -0.2) is 4.98 Å². The molecule has 7 heteroatoms. The first-order valence-corrected chi connectivity index (χ1v) is 12.9. The monoisotopic (exact) mass is 489 g/mol. The van der Waals surface area contributed by atoms with E-state index >= 15 is 0 Å². The molecular weight excluding hydrogens is 457 g/mol. The molecule has 4 aliphatic rings. The molecule has 0 aromatic carbocycles. The standard InChI is InChI=1S/C26H33Cl2N3O2/c1-14-11-16-17-5-6-19(24(33)30-23-20(28)12-15(27)13-29-23)25(17,2)9-7-18(16)26(3)10-8-21(32)31(4)22(14)26/h12-13,16-19H,5-11H2,1-4H3,(H,29,30,33)/t16-,17-,18+,19?,25-,26+/m0/s1. The Morgan fingerprint density at radius 3 is 2.67 bits per heavy atom. The summed E-state index contributed by atoms with van der Waals surface area (Å²) in [5, 5.41) is 3.80. The topological polar surface area (TPSA) is 62.3 Å². The fourth-order valence-corrected chi connectivity index (χ4v) is 8.68. The van der Waals surface area contributed by atoms with E-state index in [4.69, 9.17) is 23.2 Å². The normalized spacial score (nSPS) is 38.0. The number of carbonyl (C=O) groups excluding carboxylic acids is 2. The van der Waals surface area contributed by atoms with Crippen LogP contribution in [0.2, 0.25) is 10.0 Å². The maximum atomic E-state index is 13.4. The lowest BCUT2D eigenvalue weighted by atomic mass is 9.48. The van der Waals surface area contributed by atoms with Gasteiger partial charge < -0.3 is 10.2 Å². The number of hydrogen-bond donors (Lipinski definition) is 1. The molecule has 6 atom stereocenters. The van der Waals surface area contributed by atoms with E-state index in [2.05, 4.69) is 31.1 Å². The van der Waals surface area contributed by atoms with Crippen molar-refractivity contribution in [1.29, 1.82) is 0 Å². The smallest absolute Gasteiger partial charge is 0.229 e. The van der Waals surface area contributed by atoms with Gasteiger partial charge in [-0.05, 0) is 74.7 Å². The number of nitrogens with zero attached hydrogens (tertiary/aromatic N) is 2. The second kappa shape index (κ2) is 7.98. The molecule has 5 rings (SSSR count). The number of pyridine rings is 1. The van der Waals surface area contributed by atoms with Gasteiger partial charge in [0.15, 0.2) is 5.82 Å². The van der Waals surface area contributed by atoms with Crippen LogP contribution in [0.1, 0.15) is 65.7 Å². The fourth-order valence-electron chi connectivity index (χ4n) is 8.25. The largest absolute Gasteiger partial charge is 0.319 e. The average molecular weight is 490 g/mol. The summed E-state index contributed by atoms with van der Waals surface area (Å²) in [6.07, 6.45) is 8.24. The number of aromatic nitrogens is 1. The van der Waals surface area contributed by atoms with E-state index in [0.29, 0.717) is 40.0 Å². The summed E-state index contributed by atoms with van der Waals surface area (Å²) in [5.74, 6) is 2.24. The Balaban J connectivity index is 1.41.